The average molecular weight is 258 g/mol. The van der Waals surface area contributed by atoms with Crippen LogP contribution in [0.2, 0.25) is 0 Å². The Morgan fingerprint density at radius 2 is 2.06 bits per heavy atom. The second-order valence-corrected chi connectivity index (χ2v) is 3.50. The Morgan fingerprint density at radius 3 is 2.61 bits per heavy atom. The molecule has 0 aliphatic rings. The van der Waals surface area contributed by atoms with Gasteiger partial charge in [-0.15, -0.1) is 0 Å². The van der Waals surface area contributed by atoms with E-state index >= 15 is 0 Å². The number of hydrogen-bond donors (Lipinski definition) is 1. The third-order valence-corrected chi connectivity index (χ3v) is 2.25. The first-order valence-corrected chi connectivity index (χ1v) is 5.26. The molecule has 0 saturated heterocycles. The molecule has 0 aliphatic carbocycles. The Balaban J connectivity index is 2.91. The molecule has 1 aromatic carbocycles. The van der Waals surface area contributed by atoms with Crippen LogP contribution in [-0.4, -0.2) is 38.5 Å². The van der Waals surface area contributed by atoms with Crippen LogP contribution in [0.3, 0.4) is 0 Å². The second-order valence-electron chi connectivity index (χ2n) is 3.50. The van der Waals surface area contributed by atoms with E-state index in [1.54, 1.807) is 0 Å². The van der Waals surface area contributed by atoms with E-state index in [4.69, 9.17) is 19.3 Å². The molecule has 0 radical (unpaired) electrons. The van der Waals surface area contributed by atoms with Crippen molar-refractivity contribution >= 4 is 5.97 Å². The Hall–Kier alpha value is -1.66. The minimum absolute atomic E-state index is 0.0601. The number of hydrogen-bond acceptors (Lipinski definition) is 4. The lowest BCUT2D eigenvalue weighted by atomic mass is 10.1. The smallest absolute Gasteiger partial charge is 0.339 e. The summed E-state index contributed by atoms with van der Waals surface area (Å²) in [5.74, 6) is -1.77. The Morgan fingerprint density at radius 1 is 1.33 bits per heavy atom. The number of rotatable bonds is 7. The molecular formula is C12H15FO5. The van der Waals surface area contributed by atoms with Crippen molar-refractivity contribution in [2.45, 2.75) is 6.61 Å². The second kappa shape index (κ2) is 6.93. The standard InChI is InChI=1S/C12H15FO5/c1-16-3-4-18-7-8-5-9(13)6-10(12(14)15)11(8)17-2/h5-6H,3-4,7H2,1-2H3,(H,14,15). The summed E-state index contributed by atoms with van der Waals surface area (Å²) in [5.41, 5.74) is 0.133. The van der Waals surface area contributed by atoms with Crippen LogP contribution in [0.1, 0.15) is 15.9 Å². The molecule has 6 heteroatoms. The number of carbonyl (C=O) groups is 1. The Bertz CT molecular complexity index is 419. The molecular weight excluding hydrogens is 243 g/mol. The van der Waals surface area contributed by atoms with Crippen LogP contribution in [-0.2, 0) is 16.1 Å². The predicted molar refractivity (Wildman–Crippen MR) is 61.4 cm³/mol. The summed E-state index contributed by atoms with van der Waals surface area (Å²) in [7, 11) is 2.87. The predicted octanol–water partition coefficient (Wildman–Crippen LogP) is 1.70. The number of aromatic carboxylic acids is 1. The van der Waals surface area contributed by atoms with Gasteiger partial charge in [-0.2, -0.15) is 0 Å². The highest BCUT2D eigenvalue weighted by molar-refractivity contribution is 5.91. The maximum absolute atomic E-state index is 13.3. The summed E-state index contributed by atoms with van der Waals surface area (Å²) in [5, 5.41) is 8.95. The van der Waals surface area contributed by atoms with Crippen LogP contribution < -0.4 is 4.74 Å². The van der Waals surface area contributed by atoms with Crippen LogP contribution in [0.25, 0.3) is 0 Å². The molecule has 0 aliphatic heterocycles. The fraction of sp³-hybridized carbons (Fsp3) is 0.417. The molecule has 0 heterocycles. The Labute approximate surface area is 104 Å². The van der Waals surface area contributed by atoms with Crippen molar-refractivity contribution in [1.82, 2.24) is 0 Å². The van der Waals surface area contributed by atoms with Crippen LogP contribution in [0.15, 0.2) is 12.1 Å². The van der Waals surface area contributed by atoms with Gasteiger partial charge >= 0.3 is 5.97 Å². The van der Waals surface area contributed by atoms with E-state index in [1.807, 2.05) is 0 Å². The van der Waals surface area contributed by atoms with Gasteiger partial charge in [0.2, 0.25) is 0 Å². The largest absolute Gasteiger partial charge is 0.495 e. The van der Waals surface area contributed by atoms with Crippen molar-refractivity contribution in [2.24, 2.45) is 0 Å². The number of benzene rings is 1. The van der Waals surface area contributed by atoms with Gasteiger partial charge in [0.15, 0.2) is 0 Å². The van der Waals surface area contributed by atoms with Crippen molar-refractivity contribution in [2.75, 3.05) is 27.4 Å². The van der Waals surface area contributed by atoms with Gasteiger partial charge in [-0.3, -0.25) is 0 Å². The van der Waals surface area contributed by atoms with Crippen molar-refractivity contribution in [3.05, 3.63) is 29.1 Å². The average Bonchev–Trinajstić information content (AvgIpc) is 2.33. The summed E-state index contributed by atoms with van der Waals surface area (Å²) < 4.78 is 28.3. The molecule has 1 rings (SSSR count). The zero-order valence-corrected chi connectivity index (χ0v) is 10.2. The molecule has 0 fully saturated rings. The van der Waals surface area contributed by atoms with Gasteiger partial charge in [-0.25, -0.2) is 9.18 Å². The molecule has 0 unspecified atom stereocenters. The number of carboxylic acids is 1. The number of halogens is 1. The van der Waals surface area contributed by atoms with Gasteiger partial charge in [-0.05, 0) is 12.1 Å². The van der Waals surface area contributed by atoms with Crippen molar-refractivity contribution in [3.63, 3.8) is 0 Å². The molecule has 5 nitrogen and oxygen atoms in total. The highest BCUT2D eigenvalue weighted by Gasteiger charge is 2.17. The molecule has 0 saturated carbocycles. The molecule has 18 heavy (non-hydrogen) atoms. The summed E-state index contributed by atoms with van der Waals surface area (Å²) >= 11 is 0. The van der Waals surface area contributed by atoms with Gasteiger partial charge in [0.05, 0.1) is 26.9 Å². The summed E-state index contributed by atoms with van der Waals surface area (Å²) in [6.07, 6.45) is 0. The first kappa shape index (κ1) is 14.4. The third-order valence-electron chi connectivity index (χ3n) is 2.25. The summed E-state index contributed by atoms with van der Waals surface area (Å²) in [6.45, 7) is 0.798. The number of methoxy groups -OCH3 is 2. The van der Waals surface area contributed by atoms with Gasteiger partial charge < -0.3 is 19.3 Å². The first-order valence-electron chi connectivity index (χ1n) is 5.26. The molecule has 0 atom stereocenters. The maximum Gasteiger partial charge on any atom is 0.339 e. The molecule has 0 aromatic heterocycles. The van der Waals surface area contributed by atoms with Gasteiger partial charge in [-0.1, -0.05) is 0 Å². The van der Waals surface area contributed by atoms with E-state index in [9.17, 15) is 9.18 Å². The molecule has 0 spiro atoms. The fourth-order valence-electron chi connectivity index (χ4n) is 1.48. The lowest BCUT2D eigenvalue weighted by molar-refractivity contribution is 0.0602. The SMILES string of the molecule is COCCOCc1cc(F)cc(C(=O)O)c1OC. The molecule has 100 valence electrons. The monoisotopic (exact) mass is 258 g/mol. The van der Waals surface area contributed by atoms with E-state index in [0.717, 1.165) is 6.07 Å². The van der Waals surface area contributed by atoms with Crippen LogP contribution in [0, 0.1) is 5.82 Å². The van der Waals surface area contributed by atoms with Gasteiger partial charge in [0, 0.05) is 12.7 Å². The molecule has 1 N–H and O–H groups in total. The van der Waals surface area contributed by atoms with Crippen molar-refractivity contribution < 1.29 is 28.5 Å². The van der Waals surface area contributed by atoms with E-state index in [2.05, 4.69) is 0 Å². The lowest BCUT2D eigenvalue weighted by Crippen LogP contribution is -2.07. The first-order chi connectivity index (χ1) is 8.60. The third kappa shape index (κ3) is 3.68. The van der Waals surface area contributed by atoms with Gasteiger partial charge in [0.25, 0.3) is 0 Å². The van der Waals surface area contributed by atoms with Crippen LogP contribution in [0.5, 0.6) is 5.75 Å². The molecule has 0 bridgehead atoms. The number of ether oxygens (including phenoxy) is 3. The van der Waals surface area contributed by atoms with E-state index in [1.165, 1.54) is 20.3 Å². The van der Waals surface area contributed by atoms with E-state index in [-0.39, 0.29) is 17.9 Å². The normalized spacial score (nSPS) is 10.4. The van der Waals surface area contributed by atoms with Crippen LogP contribution in [0.4, 0.5) is 4.39 Å². The van der Waals surface area contributed by atoms with Crippen molar-refractivity contribution in [1.29, 1.82) is 0 Å². The zero-order valence-electron chi connectivity index (χ0n) is 10.2. The zero-order chi connectivity index (χ0) is 13.5. The summed E-state index contributed by atoms with van der Waals surface area (Å²) in [4.78, 5) is 11.0. The van der Waals surface area contributed by atoms with E-state index < -0.39 is 11.8 Å². The Kier molecular flexibility index (Phi) is 5.54. The number of carboxylic acid groups (broad SMARTS) is 1. The minimum Gasteiger partial charge on any atom is -0.495 e. The van der Waals surface area contributed by atoms with Crippen molar-refractivity contribution in [3.8, 4) is 5.75 Å². The lowest BCUT2D eigenvalue weighted by Gasteiger charge is -2.12. The summed E-state index contributed by atoms with van der Waals surface area (Å²) in [6, 6.07) is 2.11. The fourth-order valence-corrected chi connectivity index (χ4v) is 1.48. The molecule has 1 aromatic rings. The van der Waals surface area contributed by atoms with Gasteiger partial charge in [0.1, 0.15) is 17.1 Å². The van der Waals surface area contributed by atoms with E-state index in [0.29, 0.717) is 18.8 Å². The topological polar surface area (TPSA) is 65.0 Å². The molecule has 0 amide bonds. The minimum atomic E-state index is -1.25. The highest BCUT2D eigenvalue weighted by Crippen LogP contribution is 2.26. The maximum atomic E-state index is 13.3. The van der Waals surface area contributed by atoms with Crippen LogP contribution >= 0.6 is 0 Å². The highest BCUT2D eigenvalue weighted by atomic mass is 19.1. The quantitative estimate of drug-likeness (QED) is 0.754.